The molecule has 1 heterocycles. The average Bonchev–Trinajstić information content (AvgIpc) is 2.66. The minimum absolute atomic E-state index is 0.324. The van der Waals surface area contributed by atoms with Crippen molar-refractivity contribution in [1.82, 2.24) is 20.5 Å². The van der Waals surface area contributed by atoms with Gasteiger partial charge >= 0.3 is 6.03 Å². The third kappa shape index (κ3) is 3.26. The smallest absolute Gasteiger partial charge is 0.314 e. The Morgan fingerprint density at radius 2 is 2.50 bits per heavy atom. The van der Waals surface area contributed by atoms with E-state index in [1.807, 2.05) is 13.8 Å². The highest BCUT2D eigenvalue weighted by Gasteiger charge is 2.00. The normalized spacial score (nSPS) is 11.1. The van der Waals surface area contributed by atoms with E-state index in [4.69, 9.17) is 0 Å². The van der Waals surface area contributed by atoms with Crippen molar-refractivity contribution in [2.75, 3.05) is 5.32 Å². The van der Waals surface area contributed by atoms with Gasteiger partial charge in [0.25, 0.3) is 0 Å². The first-order valence-electron chi connectivity index (χ1n) is 4.31. The maximum atomic E-state index is 11.2. The second-order valence-electron chi connectivity index (χ2n) is 2.78. The average molecular weight is 195 g/mol. The Balaban J connectivity index is 2.37. The summed E-state index contributed by atoms with van der Waals surface area (Å²) in [7, 11) is 0. The van der Waals surface area contributed by atoms with E-state index in [2.05, 4.69) is 25.8 Å². The number of hydrogen-bond donors (Lipinski definition) is 3. The SMILES string of the molecule is CC/C(C)=C/NC(=O)Nc1ncn[nH]1. The molecule has 0 spiro atoms. The molecule has 2 amide bonds. The van der Waals surface area contributed by atoms with Crippen molar-refractivity contribution in [2.24, 2.45) is 0 Å². The van der Waals surface area contributed by atoms with Gasteiger partial charge in [-0.1, -0.05) is 12.5 Å². The molecule has 0 aliphatic carbocycles. The zero-order valence-electron chi connectivity index (χ0n) is 8.16. The molecule has 1 rings (SSSR count). The van der Waals surface area contributed by atoms with Crippen LogP contribution in [0.25, 0.3) is 0 Å². The Morgan fingerprint density at radius 1 is 1.71 bits per heavy atom. The van der Waals surface area contributed by atoms with Crippen LogP contribution < -0.4 is 10.6 Å². The number of anilines is 1. The zero-order valence-corrected chi connectivity index (χ0v) is 8.16. The lowest BCUT2D eigenvalue weighted by atomic mass is 10.3. The lowest BCUT2D eigenvalue weighted by Crippen LogP contribution is -2.24. The highest BCUT2D eigenvalue weighted by atomic mass is 16.2. The molecule has 0 aliphatic heterocycles. The van der Waals surface area contributed by atoms with E-state index in [1.165, 1.54) is 6.33 Å². The zero-order chi connectivity index (χ0) is 10.4. The van der Waals surface area contributed by atoms with Crippen molar-refractivity contribution < 1.29 is 4.79 Å². The van der Waals surface area contributed by atoms with Crippen LogP contribution in [-0.2, 0) is 0 Å². The first-order chi connectivity index (χ1) is 6.72. The fourth-order valence-corrected chi connectivity index (χ4v) is 0.700. The van der Waals surface area contributed by atoms with Crippen LogP contribution in [0.2, 0.25) is 0 Å². The molecule has 3 N–H and O–H groups in total. The van der Waals surface area contributed by atoms with Gasteiger partial charge in [0.15, 0.2) is 0 Å². The summed E-state index contributed by atoms with van der Waals surface area (Å²) in [4.78, 5) is 14.9. The van der Waals surface area contributed by atoms with Crippen LogP contribution in [0.1, 0.15) is 20.3 Å². The second-order valence-corrected chi connectivity index (χ2v) is 2.78. The summed E-state index contributed by atoms with van der Waals surface area (Å²) in [5, 5.41) is 11.2. The monoisotopic (exact) mass is 195 g/mol. The molecule has 0 bridgehead atoms. The molecule has 1 aromatic rings. The summed E-state index contributed by atoms with van der Waals surface area (Å²) in [5.41, 5.74) is 1.10. The Labute approximate surface area is 81.8 Å². The highest BCUT2D eigenvalue weighted by molar-refractivity contribution is 5.87. The van der Waals surface area contributed by atoms with Crippen LogP contribution in [-0.4, -0.2) is 21.2 Å². The minimum Gasteiger partial charge on any atom is -0.314 e. The van der Waals surface area contributed by atoms with E-state index in [0.717, 1.165) is 12.0 Å². The molecule has 0 saturated heterocycles. The molecule has 6 nitrogen and oxygen atoms in total. The molecule has 0 unspecified atom stereocenters. The van der Waals surface area contributed by atoms with Gasteiger partial charge in [0.1, 0.15) is 6.33 Å². The number of amides is 2. The number of nitrogens with zero attached hydrogens (tertiary/aromatic N) is 2. The molecule has 0 aliphatic rings. The van der Waals surface area contributed by atoms with Crippen LogP contribution in [0.4, 0.5) is 10.7 Å². The van der Waals surface area contributed by atoms with E-state index in [-0.39, 0.29) is 6.03 Å². The van der Waals surface area contributed by atoms with Crippen molar-refractivity contribution in [3.8, 4) is 0 Å². The van der Waals surface area contributed by atoms with Gasteiger partial charge in [-0.2, -0.15) is 10.1 Å². The van der Waals surface area contributed by atoms with Crippen LogP contribution in [0.15, 0.2) is 18.1 Å². The molecule has 6 heteroatoms. The van der Waals surface area contributed by atoms with Gasteiger partial charge in [-0.15, -0.1) is 0 Å². The molecular weight excluding hydrogens is 182 g/mol. The maximum absolute atomic E-state index is 11.2. The number of rotatable bonds is 3. The second kappa shape index (κ2) is 5.00. The van der Waals surface area contributed by atoms with Gasteiger partial charge in [-0.05, 0) is 13.3 Å². The Hall–Kier alpha value is -1.85. The fraction of sp³-hybridized carbons (Fsp3) is 0.375. The molecule has 0 aromatic carbocycles. The standard InChI is InChI=1S/C8H13N5O/c1-3-6(2)4-9-8(14)12-7-10-5-11-13-7/h4-5H,3H2,1-2H3,(H3,9,10,11,12,13,14)/b6-4+. The summed E-state index contributed by atoms with van der Waals surface area (Å²) < 4.78 is 0. The van der Waals surface area contributed by atoms with E-state index in [9.17, 15) is 4.79 Å². The lowest BCUT2D eigenvalue weighted by Gasteiger charge is -2.01. The minimum atomic E-state index is -0.338. The first kappa shape index (κ1) is 10.2. The Bertz CT molecular complexity index is 316. The maximum Gasteiger partial charge on any atom is 0.325 e. The number of hydrogen-bond acceptors (Lipinski definition) is 3. The van der Waals surface area contributed by atoms with E-state index in [0.29, 0.717) is 5.95 Å². The summed E-state index contributed by atoms with van der Waals surface area (Å²) in [6, 6.07) is -0.338. The number of H-pyrrole nitrogens is 1. The quantitative estimate of drug-likeness (QED) is 0.678. The topological polar surface area (TPSA) is 82.7 Å². The van der Waals surface area contributed by atoms with Crippen molar-refractivity contribution in [2.45, 2.75) is 20.3 Å². The molecule has 0 atom stereocenters. The van der Waals surface area contributed by atoms with Crippen molar-refractivity contribution in [3.63, 3.8) is 0 Å². The molecule has 76 valence electrons. The van der Waals surface area contributed by atoms with E-state index < -0.39 is 0 Å². The predicted molar refractivity (Wildman–Crippen MR) is 52.6 cm³/mol. The molecule has 0 saturated carbocycles. The van der Waals surface area contributed by atoms with Crippen LogP contribution in [0.5, 0.6) is 0 Å². The summed E-state index contributed by atoms with van der Waals surface area (Å²) >= 11 is 0. The number of aromatic nitrogens is 3. The Morgan fingerprint density at radius 3 is 3.07 bits per heavy atom. The van der Waals surface area contributed by atoms with E-state index in [1.54, 1.807) is 6.20 Å². The van der Waals surface area contributed by atoms with Crippen molar-refractivity contribution >= 4 is 12.0 Å². The number of carbonyl (C=O) groups is 1. The first-order valence-corrected chi connectivity index (χ1v) is 4.31. The predicted octanol–water partition coefficient (Wildman–Crippen LogP) is 1.24. The van der Waals surface area contributed by atoms with Gasteiger partial charge in [0.2, 0.25) is 5.95 Å². The van der Waals surface area contributed by atoms with Crippen molar-refractivity contribution in [3.05, 3.63) is 18.1 Å². The molecule has 0 fully saturated rings. The van der Waals surface area contributed by atoms with Gasteiger partial charge in [-0.25, -0.2) is 9.89 Å². The summed E-state index contributed by atoms with van der Waals surface area (Å²) in [6.07, 6.45) is 3.89. The van der Waals surface area contributed by atoms with Gasteiger partial charge < -0.3 is 5.32 Å². The summed E-state index contributed by atoms with van der Waals surface area (Å²) in [5.74, 6) is 0.324. The lowest BCUT2D eigenvalue weighted by molar-refractivity contribution is 0.255. The third-order valence-electron chi connectivity index (χ3n) is 1.65. The fourth-order valence-electron chi connectivity index (χ4n) is 0.700. The molecular formula is C8H13N5O. The van der Waals surface area contributed by atoms with Crippen LogP contribution >= 0.6 is 0 Å². The molecule has 1 aromatic heterocycles. The molecule has 14 heavy (non-hydrogen) atoms. The number of urea groups is 1. The molecule has 0 radical (unpaired) electrons. The Kier molecular flexibility index (Phi) is 3.66. The van der Waals surface area contributed by atoms with Gasteiger partial charge in [-0.3, -0.25) is 5.32 Å². The van der Waals surface area contributed by atoms with Crippen molar-refractivity contribution in [1.29, 1.82) is 0 Å². The third-order valence-corrected chi connectivity index (χ3v) is 1.65. The highest BCUT2D eigenvalue weighted by Crippen LogP contribution is 1.95. The van der Waals surface area contributed by atoms with Crippen LogP contribution in [0.3, 0.4) is 0 Å². The number of aromatic amines is 1. The van der Waals surface area contributed by atoms with Gasteiger partial charge in [0, 0.05) is 6.20 Å². The van der Waals surface area contributed by atoms with E-state index >= 15 is 0 Å². The number of nitrogens with one attached hydrogen (secondary N) is 3. The largest absolute Gasteiger partial charge is 0.325 e. The number of allylic oxidation sites excluding steroid dienone is 1. The summed E-state index contributed by atoms with van der Waals surface area (Å²) in [6.45, 7) is 3.95. The van der Waals surface area contributed by atoms with Gasteiger partial charge in [0.05, 0.1) is 0 Å². The number of carbonyl (C=O) groups excluding carboxylic acids is 1. The van der Waals surface area contributed by atoms with Crippen LogP contribution in [0, 0.1) is 0 Å².